The van der Waals surface area contributed by atoms with Crippen molar-refractivity contribution in [1.29, 1.82) is 0 Å². The van der Waals surface area contributed by atoms with Gasteiger partial charge in [0.15, 0.2) is 17.3 Å². The Labute approximate surface area is 159 Å². The number of methoxy groups -OCH3 is 2. The van der Waals surface area contributed by atoms with Crippen molar-refractivity contribution < 1.29 is 18.8 Å². The average Bonchev–Trinajstić information content (AvgIpc) is 3.14. The van der Waals surface area contributed by atoms with E-state index in [0.29, 0.717) is 42.7 Å². The zero-order valence-electron chi connectivity index (χ0n) is 16.6. The lowest BCUT2D eigenvalue weighted by Gasteiger charge is -2.22. The Morgan fingerprint density at radius 3 is 2.67 bits per heavy atom. The second-order valence-corrected chi connectivity index (χ2v) is 6.28. The quantitative estimate of drug-likeness (QED) is 0.676. The van der Waals surface area contributed by atoms with E-state index in [1.165, 1.54) is 0 Å². The van der Waals surface area contributed by atoms with Crippen LogP contribution in [0.2, 0.25) is 0 Å². The highest BCUT2D eigenvalue weighted by Crippen LogP contribution is 2.27. The number of likely N-dealkylation sites (N-methyl/N-ethyl adjacent to an activating group) is 1. The first-order chi connectivity index (χ1) is 13.0. The molecule has 0 spiro atoms. The van der Waals surface area contributed by atoms with Gasteiger partial charge in [-0.15, -0.1) is 0 Å². The van der Waals surface area contributed by atoms with Gasteiger partial charge >= 0.3 is 0 Å². The van der Waals surface area contributed by atoms with E-state index in [-0.39, 0.29) is 11.9 Å². The normalized spacial score (nSPS) is 12.1. The molecule has 0 aliphatic rings. The standard InChI is InChI=1S/C19H28N4O4/c1-6-17-21-18(27-22-17)12-23(3)13(2)19(24)20-10-9-14-7-8-15(25-4)16(11-14)26-5/h7-8,11,13H,6,9-10,12H2,1-5H3,(H,20,24). The number of nitrogens with zero attached hydrogens (tertiary/aromatic N) is 3. The second-order valence-electron chi connectivity index (χ2n) is 6.28. The molecule has 0 radical (unpaired) electrons. The van der Waals surface area contributed by atoms with E-state index in [1.807, 2.05) is 44.0 Å². The van der Waals surface area contributed by atoms with Gasteiger partial charge in [0.2, 0.25) is 11.8 Å². The number of rotatable bonds is 10. The Hall–Kier alpha value is -2.61. The highest BCUT2D eigenvalue weighted by atomic mass is 16.5. The Balaban J connectivity index is 1.82. The molecular weight excluding hydrogens is 348 g/mol. The molecule has 1 unspecified atom stereocenters. The van der Waals surface area contributed by atoms with Crippen LogP contribution in [0.15, 0.2) is 22.7 Å². The van der Waals surface area contributed by atoms with Crippen LogP contribution in [0.25, 0.3) is 0 Å². The summed E-state index contributed by atoms with van der Waals surface area (Å²) in [4.78, 5) is 18.5. The van der Waals surface area contributed by atoms with Gasteiger partial charge in [0.1, 0.15) is 0 Å². The van der Waals surface area contributed by atoms with Crippen LogP contribution >= 0.6 is 0 Å². The minimum atomic E-state index is -0.313. The van der Waals surface area contributed by atoms with Crippen LogP contribution in [-0.2, 0) is 24.2 Å². The van der Waals surface area contributed by atoms with Gasteiger partial charge in [0.05, 0.1) is 26.8 Å². The monoisotopic (exact) mass is 376 g/mol. The largest absolute Gasteiger partial charge is 0.493 e. The van der Waals surface area contributed by atoms with Crippen LogP contribution in [0.4, 0.5) is 0 Å². The molecule has 1 N–H and O–H groups in total. The molecular formula is C19H28N4O4. The summed E-state index contributed by atoms with van der Waals surface area (Å²) in [5, 5.41) is 6.83. The van der Waals surface area contributed by atoms with Gasteiger partial charge in [0.25, 0.3) is 0 Å². The molecule has 0 saturated carbocycles. The van der Waals surface area contributed by atoms with E-state index in [2.05, 4.69) is 15.5 Å². The van der Waals surface area contributed by atoms with Crippen molar-refractivity contribution in [3.8, 4) is 11.5 Å². The van der Waals surface area contributed by atoms with Crippen molar-refractivity contribution in [2.75, 3.05) is 27.8 Å². The highest BCUT2D eigenvalue weighted by molar-refractivity contribution is 5.81. The topological polar surface area (TPSA) is 89.7 Å². The van der Waals surface area contributed by atoms with Crippen LogP contribution in [0, 0.1) is 0 Å². The fourth-order valence-electron chi connectivity index (χ4n) is 2.56. The summed E-state index contributed by atoms with van der Waals surface area (Å²) in [6, 6.07) is 5.43. The van der Waals surface area contributed by atoms with Gasteiger partial charge in [-0.3, -0.25) is 9.69 Å². The lowest BCUT2D eigenvalue weighted by atomic mass is 10.1. The summed E-state index contributed by atoms with van der Waals surface area (Å²) in [5.74, 6) is 2.51. The zero-order chi connectivity index (χ0) is 19.8. The molecule has 1 heterocycles. The van der Waals surface area contributed by atoms with E-state index in [4.69, 9.17) is 14.0 Å². The number of carbonyl (C=O) groups is 1. The fraction of sp³-hybridized carbons (Fsp3) is 0.526. The van der Waals surface area contributed by atoms with E-state index in [9.17, 15) is 4.79 Å². The Bertz CT molecular complexity index is 747. The first-order valence-corrected chi connectivity index (χ1v) is 8.98. The number of amides is 1. The lowest BCUT2D eigenvalue weighted by Crippen LogP contribution is -2.43. The van der Waals surface area contributed by atoms with Gasteiger partial charge in [0, 0.05) is 13.0 Å². The molecule has 0 bridgehead atoms. The number of hydrogen-bond acceptors (Lipinski definition) is 7. The summed E-state index contributed by atoms with van der Waals surface area (Å²) in [6.07, 6.45) is 1.42. The first-order valence-electron chi connectivity index (χ1n) is 8.98. The molecule has 1 atom stereocenters. The number of aromatic nitrogens is 2. The molecule has 27 heavy (non-hydrogen) atoms. The summed E-state index contributed by atoms with van der Waals surface area (Å²) >= 11 is 0. The molecule has 8 nitrogen and oxygen atoms in total. The van der Waals surface area contributed by atoms with Crippen LogP contribution in [0.5, 0.6) is 11.5 Å². The predicted octanol–water partition coefficient (Wildman–Crippen LogP) is 1.83. The smallest absolute Gasteiger partial charge is 0.240 e. The van der Waals surface area contributed by atoms with Gasteiger partial charge < -0.3 is 19.3 Å². The third-order valence-electron chi connectivity index (χ3n) is 4.41. The molecule has 0 saturated heterocycles. The number of hydrogen-bond donors (Lipinski definition) is 1. The van der Waals surface area contributed by atoms with Gasteiger partial charge in [-0.25, -0.2) is 0 Å². The van der Waals surface area contributed by atoms with Crippen LogP contribution in [0.3, 0.4) is 0 Å². The number of nitrogens with one attached hydrogen (secondary N) is 1. The molecule has 0 aliphatic heterocycles. The van der Waals surface area contributed by atoms with Gasteiger partial charge in [-0.05, 0) is 38.1 Å². The number of ether oxygens (including phenoxy) is 2. The summed E-state index contributed by atoms with van der Waals surface area (Å²) in [6.45, 7) is 4.78. The maximum absolute atomic E-state index is 12.4. The van der Waals surface area contributed by atoms with E-state index in [0.717, 1.165) is 12.0 Å². The van der Waals surface area contributed by atoms with Crippen molar-refractivity contribution in [3.63, 3.8) is 0 Å². The molecule has 1 amide bonds. The minimum Gasteiger partial charge on any atom is -0.493 e. The van der Waals surface area contributed by atoms with Crippen LogP contribution in [-0.4, -0.2) is 54.8 Å². The summed E-state index contributed by atoms with van der Waals surface area (Å²) in [7, 11) is 5.06. The highest BCUT2D eigenvalue weighted by Gasteiger charge is 2.20. The maximum atomic E-state index is 12.4. The minimum absolute atomic E-state index is 0.0480. The molecule has 1 aromatic carbocycles. The van der Waals surface area contributed by atoms with E-state index < -0.39 is 0 Å². The van der Waals surface area contributed by atoms with E-state index in [1.54, 1.807) is 14.2 Å². The molecule has 2 aromatic rings. The lowest BCUT2D eigenvalue weighted by molar-refractivity contribution is -0.125. The van der Waals surface area contributed by atoms with Crippen molar-refractivity contribution in [1.82, 2.24) is 20.4 Å². The average molecular weight is 376 g/mol. The molecule has 0 aliphatic carbocycles. The Kier molecular flexibility index (Phi) is 7.60. The molecule has 1 aromatic heterocycles. The second kappa shape index (κ2) is 9.91. The van der Waals surface area contributed by atoms with Crippen molar-refractivity contribution in [2.45, 2.75) is 39.3 Å². The van der Waals surface area contributed by atoms with E-state index >= 15 is 0 Å². The van der Waals surface area contributed by atoms with Crippen LogP contribution < -0.4 is 14.8 Å². The van der Waals surface area contributed by atoms with Crippen molar-refractivity contribution in [3.05, 3.63) is 35.5 Å². The third-order valence-corrected chi connectivity index (χ3v) is 4.41. The first kappa shape index (κ1) is 20.7. The molecule has 8 heteroatoms. The Morgan fingerprint density at radius 1 is 1.30 bits per heavy atom. The number of benzene rings is 1. The van der Waals surface area contributed by atoms with Crippen molar-refractivity contribution in [2.24, 2.45) is 0 Å². The molecule has 0 fully saturated rings. The third kappa shape index (κ3) is 5.68. The Morgan fingerprint density at radius 2 is 2.04 bits per heavy atom. The molecule has 2 rings (SSSR count). The number of aryl methyl sites for hydroxylation is 1. The predicted molar refractivity (Wildman–Crippen MR) is 101 cm³/mol. The molecule has 148 valence electrons. The summed E-state index contributed by atoms with van der Waals surface area (Å²) in [5.41, 5.74) is 1.06. The summed E-state index contributed by atoms with van der Waals surface area (Å²) < 4.78 is 15.7. The fourth-order valence-corrected chi connectivity index (χ4v) is 2.56. The SMILES string of the molecule is CCc1noc(CN(C)C(C)C(=O)NCCc2ccc(OC)c(OC)c2)n1. The van der Waals surface area contributed by atoms with Gasteiger partial charge in [-0.2, -0.15) is 4.98 Å². The van der Waals surface area contributed by atoms with Gasteiger partial charge in [-0.1, -0.05) is 18.1 Å². The number of carbonyl (C=O) groups excluding carboxylic acids is 1. The maximum Gasteiger partial charge on any atom is 0.240 e. The van der Waals surface area contributed by atoms with Crippen LogP contribution in [0.1, 0.15) is 31.1 Å². The van der Waals surface area contributed by atoms with Crippen molar-refractivity contribution >= 4 is 5.91 Å². The zero-order valence-corrected chi connectivity index (χ0v) is 16.6.